The first-order valence-electron chi connectivity index (χ1n) is 8.55. The zero-order valence-electron chi connectivity index (χ0n) is 13.7. The van der Waals surface area contributed by atoms with Crippen LogP contribution in [-0.4, -0.2) is 60.1 Å². The predicted molar refractivity (Wildman–Crippen MR) is 89.4 cm³/mol. The second-order valence-electron chi connectivity index (χ2n) is 6.27. The van der Waals surface area contributed by atoms with Gasteiger partial charge in [0.05, 0.1) is 31.6 Å². The van der Waals surface area contributed by atoms with Gasteiger partial charge in [0.2, 0.25) is 11.8 Å². The van der Waals surface area contributed by atoms with Crippen LogP contribution in [0.1, 0.15) is 25.7 Å². The third-order valence-corrected chi connectivity index (χ3v) is 4.63. The highest BCUT2D eigenvalue weighted by molar-refractivity contribution is 5.95. The molecule has 0 bridgehead atoms. The van der Waals surface area contributed by atoms with Crippen LogP contribution in [0.4, 0.5) is 5.69 Å². The Labute approximate surface area is 141 Å². The van der Waals surface area contributed by atoms with E-state index in [0.717, 1.165) is 19.4 Å². The summed E-state index contributed by atoms with van der Waals surface area (Å²) in [6, 6.07) is 3.67. The summed E-state index contributed by atoms with van der Waals surface area (Å²) in [5.74, 6) is -0.400. The number of aromatic nitrogens is 1. The SMILES string of the molecule is O=C(CNC(=O)C1COCCN1C1CCCC1)Nc1cccnc1. The Kier molecular flexibility index (Phi) is 5.77. The van der Waals surface area contributed by atoms with Gasteiger partial charge in [-0.2, -0.15) is 0 Å². The summed E-state index contributed by atoms with van der Waals surface area (Å²) < 4.78 is 5.48. The van der Waals surface area contributed by atoms with Gasteiger partial charge in [-0.3, -0.25) is 19.5 Å². The van der Waals surface area contributed by atoms with Crippen LogP contribution in [0.15, 0.2) is 24.5 Å². The minimum atomic E-state index is -0.298. The molecule has 1 aromatic heterocycles. The number of morpholine rings is 1. The van der Waals surface area contributed by atoms with Gasteiger partial charge in [-0.15, -0.1) is 0 Å². The van der Waals surface area contributed by atoms with E-state index in [1.807, 2.05) is 0 Å². The fourth-order valence-corrected chi connectivity index (χ4v) is 3.44. The van der Waals surface area contributed by atoms with Gasteiger partial charge in [0.15, 0.2) is 0 Å². The number of hydrogen-bond donors (Lipinski definition) is 2. The van der Waals surface area contributed by atoms with Crippen LogP contribution >= 0.6 is 0 Å². The minimum absolute atomic E-state index is 0.0528. The molecule has 1 aromatic rings. The van der Waals surface area contributed by atoms with Crippen LogP contribution < -0.4 is 10.6 Å². The standard InChI is InChI=1S/C17H24N4O3/c22-16(20-13-4-3-7-18-10-13)11-19-17(23)15-12-24-9-8-21(15)14-5-1-2-6-14/h3-4,7,10,14-15H,1-2,5-6,8-9,11-12H2,(H,19,23)(H,20,22). The Hall–Kier alpha value is -1.99. The van der Waals surface area contributed by atoms with E-state index in [-0.39, 0.29) is 24.4 Å². The highest BCUT2D eigenvalue weighted by Crippen LogP contribution is 2.26. The van der Waals surface area contributed by atoms with Crippen LogP contribution in [0.25, 0.3) is 0 Å². The van der Waals surface area contributed by atoms with Crippen molar-refractivity contribution in [1.29, 1.82) is 0 Å². The van der Waals surface area contributed by atoms with Gasteiger partial charge in [-0.25, -0.2) is 0 Å². The zero-order chi connectivity index (χ0) is 16.8. The number of amides is 2. The van der Waals surface area contributed by atoms with Crippen molar-refractivity contribution in [2.24, 2.45) is 0 Å². The maximum absolute atomic E-state index is 12.5. The lowest BCUT2D eigenvalue weighted by atomic mass is 10.1. The maximum Gasteiger partial charge on any atom is 0.243 e. The van der Waals surface area contributed by atoms with Crippen LogP contribution in [0.3, 0.4) is 0 Å². The third kappa shape index (κ3) is 4.30. The number of nitrogens with zero attached hydrogens (tertiary/aromatic N) is 2. The second-order valence-corrected chi connectivity index (χ2v) is 6.27. The molecule has 0 aromatic carbocycles. The molecule has 2 N–H and O–H groups in total. The normalized spacial score (nSPS) is 22.2. The molecule has 1 aliphatic heterocycles. The summed E-state index contributed by atoms with van der Waals surface area (Å²) in [7, 11) is 0. The molecule has 1 atom stereocenters. The molecule has 7 heteroatoms. The van der Waals surface area contributed by atoms with E-state index in [4.69, 9.17) is 4.74 Å². The number of carbonyl (C=O) groups is 2. The maximum atomic E-state index is 12.5. The molecule has 0 radical (unpaired) electrons. The number of hydrogen-bond acceptors (Lipinski definition) is 5. The van der Waals surface area contributed by atoms with Crippen molar-refractivity contribution in [1.82, 2.24) is 15.2 Å². The quantitative estimate of drug-likeness (QED) is 0.832. The van der Waals surface area contributed by atoms with E-state index in [9.17, 15) is 9.59 Å². The fourth-order valence-electron chi connectivity index (χ4n) is 3.44. The van der Waals surface area contributed by atoms with E-state index in [1.165, 1.54) is 12.8 Å². The van der Waals surface area contributed by atoms with Gasteiger partial charge >= 0.3 is 0 Å². The average Bonchev–Trinajstić information content (AvgIpc) is 3.15. The molecule has 7 nitrogen and oxygen atoms in total. The Morgan fingerprint density at radius 2 is 2.17 bits per heavy atom. The summed E-state index contributed by atoms with van der Waals surface area (Å²) >= 11 is 0. The Bertz CT molecular complexity index is 560. The van der Waals surface area contributed by atoms with Crippen molar-refractivity contribution in [2.45, 2.75) is 37.8 Å². The van der Waals surface area contributed by atoms with Crippen molar-refractivity contribution in [2.75, 3.05) is 31.6 Å². The van der Waals surface area contributed by atoms with Crippen molar-refractivity contribution in [3.05, 3.63) is 24.5 Å². The molecule has 2 amide bonds. The zero-order valence-corrected chi connectivity index (χ0v) is 13.7. The van der Waals surface area contributed by atoms with E-state index in [1.54, 1.807) is 24.5 Å². The average molecular weight is 332 g/mol. The molecule has 1 saturated heterocycles. The molecule has 2 aliphatic rings. The second kappa shape index (κ2) is 8.21. The summed E-state index contributed by atoms with van der Waals surface area (Å²) in [6.45, 7) is 1.79. The van der Waals surface area contributed by atoms with E-state index in [0.29, 0.717) is 24.9 Å². The molecular formula is C17H24N4O3. The van der Waals surface area contributed by atoms with Crippen LogP contribution in [-0.2, 0) is 14.3 Å². The van der Waals surface area contributed by atoms with Crippen LogP contribution in [0, 0.1) is 0 Å². The number of carbonyl (C=O) groups excluding carboxylic acids is 2. The van der Waals surface area contributed by atoms with Gasteiger partial charge in [0.1, 0.15) is 6.04 Å². The van der Waals surface area contributed by atoms with E-state index >= 15 is 0 Å². The number of rotatable bonds is 5. The van der Waals surface area contributed by atoms with Crippen LogP contribution in [0.2, 0.25) is 0 Å². The monoisotopic (exact) mass is 332 g/mol. The first kappa shape index (κ1) is 16.9. The Morgan fingerprint density at radius 3 is 2.92 bits per heavy atom. The summed E-state index contributed by atoms with van der Waals surface area (Å²) in [5, 5.41) is 5.44. The molecule has 2 fully saturated rings. The Morgan fingerprint density at radius 1 is 1.33 bits per heavy atom. The smallest absolute Gasteiger partial charge is 0.243 e. The molecule has 3 rings (SSSR count). The lowest BCUT2D eigenvalue weighted by Gasteiger charge is -2.38. The summed E-state index contributed by atoms with van der Waals surface area (Å²) in [5.41, 5.74) is 0.616. The minimum Gasteiger partial charge on any atom is -0.378 e. The molecule has 1 aliphatic carbocycles. The van der Waals surface area contributed by atoms with Crippen molar-refractivity contribution < 1.29 is 14.3 Å². The molecule has 24 heavy (non-hydrogen) atoms. The van der Waals surface area contributed by atoms with Crippen molar-refractivity contribution in [3.8, 4) is 0 Å². The number of ether oxygens (including phenoxy) is 1. The molecule has 1 unspecified atom stereocenters. The Balaban J connectivity index is 1.50. The fraction of sp³-hybridized carbons (Fsp3) is 0.588. The van der Waals surface area contributed by atoms with Crippen LogP contribution in [0.5, 0.6) is 0 Å². The van der Waals surface area contributed by atoms with E-state index < -0.39 is 0 Å². The lowest BCUT2D eigenvalue weighted by Crippen LogP contribution is -2.57. The summed E-state index contributed by atoms with van der Waals surface area (Å²) in [4.78, 5) is 30.6. The topological polar surface area (TPSA) is 83.6 Å². The van der Waals surface area contributed by atoms with Crippen molar-refractivity contribution >= 4 is 17.5 Å². The van der Waals surface area contributed by atoms with E-state index in [2.05, 4.69) is 20.5 Å². The number of pyridine rings is 1. The molecule has 1 saturated carbocycles. The van der Waals surface area contributed by atoms with Crippen molar-refractivity contribution in [3.63, 3.8) is 0 Å². The largest absolute Gasteiger partial charge is 0.378 e. The van der Waals surface area contributed by atoms with Gasteiger partial charge in [-0.1, -0.05) is 12.8 Å². The highest BCUT2D eigenvalue weighted by Gasteiger charge is 2.35. The highest BCUT2D eigenvalue weighted by atomic mass is 16.5. The number of nitrogens with one attached hydrogen (secondary N) is 2. The van der Waals surface area contributed by atoms with Gasteiger partial charge in [0.25, 0.3) is 0 Å². The predicted octanol–water partition coefficient (Wildman–Crippen LogP) is 0.780. The van der Waals surface area contributed by atoms with Gasteiger partial charge in [-0.05, 0) is 25.0 Å². The lowest BCUT2D eigenvalue weighted by molar-refractivity contribution is -0.135. The number of anilines is 1. The van der Waals surface area contributed by atoms with Gasteiger partial charge < -0.3 is 15.4 Å². The first-order valence-corrected chi connectivity index (χ1v) is 8.55. The third-order valence-electron chi connectivity index (χ3n) is 4.63. The van der Waals surface area contributed by atoms with Gasteiger partial charge in [0, 0.05) is 18.8 Å². The molecule has 0 spiro atoms. The first-order chi connectivity index (χ1) is 11.7. The summed E-state index contributed by atoms with van der Waals surface area (Å²) in [6.07, 6.45) is 7.94. The molecular weight excluding hydrogens is 308 g/mol. The molecule has 130 valence electrons. The molecule has 2 heterocycles.